The molecular formula is C19H17ClO6. The van der Waals surface area contributed by atoms with E-state index in [0.717, 1.165) is 0 Å². The van der Waals surface area contributed by atoms with Gasteiger partial charge >= 0.3 is 5.97 Å². The number of rotatable bonds is 7. The van der Waals surface area contributed by atoms with Gasteiger partial charge in [0.2, 0.25) is 0 Å². The molecule has 0 fully saturated rings. The number of hydrogen-bond donors (Lipinski definition) is 1. The van der Waals surface area contributed by atoms with Crippen LogP contribution in [0, 0.1) is 0 Å². The van der Waals surface area contributed by atoms with E-state index in [4.69, 9.17) is 25.8 Å². The van der Waals surface area contributed by atoms with Crippen molar-refractivity contribution in [3.05, 3.63) is 58.6 Å². The number of methoxy groups -OCH3 is 2. The monoisotopic (exact) mass is 376 g/mol. The van der Waals surface area contributed by atoms with E-state index in [0.29, 0.717) is 21.9 Å². The molecule has 0 atom stereocenters. The summed E-state index contributed by atoms with van der Waals surface area (Å²) in [5.74, 6) is -0.330. The molecule has 0 heterocycles. The van der Waals surface area contributed by atoms with Gasteiger partial charge in [-0.15, -0.1) is 0 Å². The van der Waals surface area contributed by atoms with Crippen LogP contribution in [0.3, 0.4) is 0 Å². The number of carbonyl (C=O) groups is 2. The Morgan fingerprint density at radius 1 is 1.08 bits per heavy atom. The summed E-state index contributed by atoms with van der Waals surface area (Å²) >= 11 is 5.97. The van der Waals surface area contributed by atoms with Crippen LogP contribution in [-0.2, 0) is 9.53 Å². The Kier molecular flexibility index (Phi) is 6.63. The number of hydrogen-bond acceptors (Lipinski definition) is 6. The predicted octanol–water partition coefficient (Wildman–Crippen LogP) is 3.50. The van der Waals surface area contributed by atoms with Crippen LogP contribution in [0.25, 0.3) is 6.08 Å². The standard InChI is InChI=1S/C19H17ClO6/c1-24-17-7-5-13(10-14(17)20)16(22)11-26-19(23)8-4-12-3-6-15(21)18(9-12)25-2/h3-10,21H,11H2,1-2H3/b8-4+. The number of aromatic hydroxyl groups is 1. The Labute approximate surface area is 155 Å². The van der Waals surface area contributed by atoms with Crippen LogP contribution < -0.4 is 9.47 Å². The van der Waals surface area contributed by atoms with E-state index in [1.165, 1.54) is 38.5 Å². The first-order chi connectivity index (χ1) is 12.4. The molecule has 6 nitrogen and oxygen atoms in total. The van der Waals surface area contributed by atoms with Crippen molar-refractivity contribution in [2.75, 3.05) is 20.8 Å². The fourth-order valence-corrected chi connectivity index (χ4v) is 2.33. The van der Waals surface area contributed by atoms with Crippen LogP contribution in [0.5, 0.6) is 17.2 Å². The van der Waals surface area contributed by atoms with Crippen molar-refractivity contribution in [3.63, 3.8) is 0 Å². The molecule has 26 heavy (non-hydrogen) atoms. The molecule has 0 amide bonds. The molecule has 0 saturated heterocycles. The molecule has 0 saturated carbocycles. The minimum atomic E-state index is -0.676. The zero-order valence-electron chi connectivity index (χ0n) is 14.2. The number of carbonyl (C=O) groups excluding carboxylic acids is 2. The Hall–Kier alpha value is -2.99. The van der Waals surface area contributed by atoms with Crippen molar-refractivity contribution in [3.8, 4) is 17.2 Å². The second-order valence-electron chi connectivity index (χ2n) is 5.14. The highest BCUT2D eigenvalue weighted by molar-refractivity contribution is 6.32. The highest BCUT2D eigenvalue weighted by Crippen LogP contribution is 2.27. The Bertz CT molecular complexity index is 844. The lowest BCUT2D eigenvalue weighted by molar-refractivity contribution is -0.136. The summed E-state index contributed by atoms with van der Waals surface area (Å²) in [6, 6.07) is 9.17. The van der Waals surface area contributed by atoms with Gasteiger partial charge in [0, 0.05) is 11.6 Å². The van der Waals surface area contributed by atoms with Gasteiger partial charge in [-0.25, -0.2) is 4.79 Å². The molecule has 0 bridgehead atoms. The number of ether oxygens (including phenoxy) is 3. The lowest BCUT2D eigenvalue weighted by Crippen LogP contribution is -2.12. The SMILES string of the molecule is COc1cc(/C=C/C(=O)OCC(=O)c2ccc(OC)c(Cl)c2)ccc1O. The molecule has 0 aliphatic heterocycles. The van der Waals surface area contributed by atoms with Gasteiger partial charge < -0.3 is 19.3 Å². The number of ketones is 1. The number of halogens is 1. The summed E-state index contributed by atoms with van der Waals surface area (Å²) < 4.78 is 14.9. The van der Waals surface area contributed by atoms with Crippen molar-refractivity contribution in [2.24, 2.45) is 0 Å². The molecule has 0 radical (unpaired) electrons. The summed E-state index contributed by atoms with van der Waals surface area (Å²) in [6.45, 7) is -0.412. The van der Waals surface area contributed by atoms with Crippen LogP contribution in [0.1, 0.15) is 15.9 Å². The zero-order chi connectivity index (χ0) is 19.1. The van der Waals surface area contributed by atoms with Crippen molar-refractivity contribution in [1.82, 2.24) is 0 Å². The fourth-order valence-electron chi connectivity index (χ4n) is 2.07. The van der Waals surface area contributed by atoms with Gasteiger partial charge in [0.25, 0.3) is 0 Å². The largest absolute Gasteiger partial charge is 0.504 e. The van der Waals surface area contributed by atoms with E-state index < -0.39 is 12.6 Å². The molecular weight excluding hydrogens is 360 g/mol. The lowest BCUT2D eigenvalue weighted by Gasteiger charge is -2.06. The fraction of sp³-hybridized carbons (Fsp3) is 0.158. The molecule has 0 spiro atoms. The highest BCUT2D eigenvalue weighted by Gasteiger charge is 2.11. The van der Waals surface area contributed by atoms with Gasteiger partial charge in [-0.05, 0) is 42.0 Å². The maximum atomic E-state index is 12.1. The summed E-state index contributed by atoms with van der Waals surface area (Å²) in [4.78, 5) is 23.8. The Morgan fingerprint density at radius 2 is 1.81 bits per heavy atom. The highest BCUT2D eigenvalue weighted by atomic mass is 35.5. The third-order valence-electron chi connectivity index (χ3n) is 3.43. The van der Waals surface area contributed by atoms with Crippen molar-refractivity contribution >= 4 is 29.4 Å². The Balaban J connectivity index is 1.93. The molecule has 2 aromatic carbocycles. The van der Waals surface area contributed by atoms with Gasteiger partial charge in [-0.2, -0.15) is 0 Å². The maximum absolute atomic E-state index is 12.1. The number of esters is 1. The van der Waals surface area contributed by atoms with E-state index in [1.54, 1.807) is 24.3 Å². The van der Waals surface area contributed by atoms with Gasteiger partial charge in [0.15, 0.2) is 23.9 Å². The maximum Gasteiger partial charge on any atom is 0.331 e. The zero-order valence-corrected chi connectivity index (χ0v) is 14.9. The first kappa shape index (κ1) is 19.3. The normalized spacial score (nSPS) is 10.6. The van der Waals surface area contributed by atoms with Crippen LogP contribution >= 0.6 is 11.6 Å². The van der Waals surface area contributed by atoms with E-state index in [2.05, 4.69) is 0 Å². The van der Waals surface area contributed by atoms with Crippen LogP contribution in [0.4, 0.5) is 0 Å². The second kappa shape index (κ2) is 8.92. The number of benzene rings is 2. The molecule has 1 N–H and O–H groups in total. The van der Waals surface area contributed by atoms with Crippen LogP contribution in [-0.4, -0.2) is 37.7 Å². The van der Waals surface area contributed by atoms with E-state index >= 15 is 0 Å². The van der Waals surface area contributed by atoms with Gasteiger partial charge in [0.05, 0.1) is 19.2 Å². The van der Waals surface area contributed by atoms with E-state index in [9.17, 15) is 14.7 Å². The Morgan fingerprint density at radius 3 is 2.46 bits per heavy atom. The topological polar surface area (TPSA) is 82.1 Å². The van der Waals surface area contributed by atoms with E-state index in [1.807, 2.05) is 0 Å². The molecule has 7 heteroatoms. The molecule has 0 aliphatic carbocycles. The minimum absolute atomic E-state index is 0.00373. The summed E-state index contributed by atoms with van der Waals surface area (Å²) in [7, 11) is 2.90. The van der Waals surface area contributed by atoms with Crippen molar-refractivity contribution in [2.45, 2.75) is 0 Å². The first-order valence-electron chi connectivity index (χ1n) is 7.53. The number of Topliss-reactive ketones (excluding diaryl/α,β-unsaturated/α-hetero) is 1. The molecule has 0 aliphatic rings. The average molecular weight is 377 g/mol. The average Bonchev–Trinajstić information content (AvgIpc) is 2.65. The second-order valence-corrected chi connectivity index (χ2v) is 5.55. The van der Waals surface area contributed by atoms with Crippen molar-refractivity contribution < 1.29 is 28.9 Å². The number of phenols is 1. The molecule has 0 aromatic heterocycles. The third-order valence-corrected chi connectivity index (χ3v) is 3.73. The smallest absolute Gasteiger partial charge is 0.331 e. The summed E-state index contributed by atoms with van der Waals surface area (Å²) in [5, 5.41) is 9.82. The molecule has 0 unspecified atom stereocenters. The summed E-state index contributed by atoms with van der Waals surface area (Å²) in [6.07, 6.45) is 2.67. The van der Waals surface area contributed by atoms with E-state index in [-0.39, 0.29) is 17.3 Å². The molecule has 2 rings (SSSR count). The lowest BCUT2D eigenvalue weighted by atomic mass is 10.1. The summed E-state index contributed by atoms with van der Waals surface area (Å²) in [5.41, 5.74) is 0.945. The van der Waals surface area contributed by atoms with Gasteiger partial charge in [0.1, 0.15) is 5.75 Å². The van der Waals surface area contributed by atoms with Crippen LogP contribution in [0.2, 0.25) is 5.02 Å². The minimum Gasteiger partial charge on any atom is -0.504 e. The van der Waals surface area contributed by atoms with Crippen molar-refractivity contribution in [1.29, 1.82) is 0 Å². The third kappa shape index (κ3) is 5.00. The molecule has 2 aromatic rings. The first-order valence-corrected chi connectivity index (χ1v) is 7.91. The van der Waals surface area contributed by atoms with Crippen LogP contribution in [0.15, 0.2) is 42.5 Å². The van der Waals surface area contributed by atoms with Gasteiger partial charge in [-0.1, -0.05) is 17.7 Å². The number of phenolic OH excluding ortho intramolecular Hbond substituents is 1. The van der Waals surface area contributed by atoms with Gasteiger partial charge in [-0.3, -0.25) is 4.79 Å². The molecule has 136 valence electrons. The quantitative estimate of drug-likeness (QED) is 0.452. The predicted molar refractivity (Wildman–Crippen MR) is 97.0 cm³/mol.